The van der Waals surface area contributed by atoms with Crippen LogP contribution in [0, 0.1) is 13.8 Å². The number of nitrogens with one attached hydrogen (secondary N) is 1. The number of carbonyl (C=O) groups is 1. The van der Waals surface area contributed by atoms with Crippen LogP contribution in [0.1, 0.15) is 29.2 Å². The maximum absolute atomic E-state index is 12.6. The molecule has 0 fully saturated rings. The Morgan fingerprint density at radius 2 is 1.79 bits per heavy atom. The van der Waals surface area contributed by atoms with E-state index in [4.69, 9.17) is 11.6 Å². The highest BCUT2D eigenvalue weighted by atomic mass is 35.5. The van der Waals surface area contributed by atoms with Gasteiger partial charge in [0.1, 0.15) is 0 Å². The van der Waals surface area contributed by atoms with Crippen LogP contribution in [-0.4, -0.2) is 14.4 Å². The van der Waals surface area contributed by atoms with E-state index in [2.05, 4.69) is 4.72 Å². The number of benzene rings is 2. The molecule has 1 N–H and O–H groups in total. The summed E-state index contributed by atoms with van der Waals surface area (Å²) in [7, 11) is -3.88. The van der Waals surface area contributed by atoms with E-state index < -0.39 is 28.5 Å². The number of hydrogen-bond donors (Lipinski definition) is 1. The predicted octanol–water partition coefficient (Wildman–Crippen LogP) is 2.12. The molecular formula is C17H17ClNO4S-. The van der Waals surface area contributed by atoms with E-state index in [-0.39, 0.29) is 4.90 Å². The second kappa shape index (κ2) is 7.34. The fourth-order valence-corrected chi connectivity index (χ4v) is 4.02. The van der Waals surface area contributed by atoms with Crippen molar-refractivity contribution in [3.05, 3.63) is 64.2 Å². The zero-order valence-corrected chi connectivity index (χ0v) is 14.8. The molecule has 0 amide bonds. The van der Waals surface area contributed by atoms with Crippen LogP contribution in [0.2, 0.25) is 5.02 Å². The Balaban J connectivity index is 2.37. The number of halogens is 1. The van der Waals surface area contributed by atoms with Crippen LogP contribution < -0.4 is 9.83 Å². The van der Waals surface area contributed by atoms with Gasteiger partial charge in [0.05, 0.1) is 10.9 Å². The maximum atomic E-state index is 12.6. The number of carbonyl (C=O) groups excluding carboxylic acids is 1. The molecule has 0 aromatic heterocycles. The van der Waals surface area contributed by atoms with Crippen molar-refractivity contribution in [2.45, 2.75) is 31.2 Å². The van der Waals surface area contributed by atoms with E-state index in [1.54, 1.807) is 43.3 Å². The molecular weight excluding hydrogens is 350 g/mol. The molecule has 0 aliphatic heterocycles. The van der Waals surface area contributed by atoms with E-state index >= 15 is 0 Å². The number of carboxylic acids is 1. The van der Waals surface area contributed by atoms with Crippen molar-refractivity contribution in [1.82, 2.24) is 4.72 Å². The summed E-state index contributed by atoms with van der Waals surface area (Å²) >= 11 is 5.82. The van der Waals surface area contributed by atoms with E-state index in [0.717, 1.165) is 5.56 Å². The van der Waals surface area contributed by atoms with Crippen LogP contribution in [0.15, 0.2) is 47.4 Å². The van der Waals surface area contributed by atoms with Gasteiger partial charge in [0.15, 0.2) is 0 Å². The highest BCUT2D eigenvalue weighted by molar-refractivity contribution is 7.89. The Morgan fingerprint density at radius 3 is 2.33 bits per heavy atom. The number of aryl methyl sites for hydroxylation is 2. The number of sulfonamides is 1. The standard InChI is InChI=1S/C17H18ClNO4S/c1-11-3-8-16(12(2)9-11)24(22,23)19-15(10-17(20)21)13-4-6-14(18)7-5-13/h3-9,15,19H,10H2,1-2H3,(H,20,21)/p-1/t15-/m0/s1. The summed E-state index contributed by atoms with van der Waals surface area (Å²) < 4.78 is 27.7. The zero-order chi connectivity index (χ0) is 17.9. The number of hydrogen-bond acceptors (Lipinski definition) is 4. The van der Waals surface area contributed by atoms with Crippen molar-refractivity contribution in [2.75, 3.05) is 0 Å². The molecule has 5 nitrogen and oxygen atoms in total. The Labute approximate surface area is 146 Å². The summed E-state index contributed by atoms with van der Waals surface area (Å²) in [6.07, 6.45) is -0.480. The SMILES string of the molecule is Cc1ccc(S(=O)(=O)N[C@@H](CC(=O)[O-])c2ccc(Cl)cc2)c(C)c1. The molecule has 0 heterocycles. The molecule has 0 aliphatic carbocycles. The maximum Gasteiger partial charge on any atom is 0.241 e. The smallest absolute Gasteiger partial charge is 0.241 e. The molecule has 2 aromatic carbocycles. The van der Waals surface area contributed by atoms with Gasteiger partial charge in [0.25, 0.3) is 0 Å². The summed E-state index contributed by atoms with van der Waals surface area (Å²) in [4.78, 5) is 11.1. The monoisotopic (exact) mass is 366 g/mol. The molecule has 0 saturated carbocycles. The van der Waals surface area contributed by atoms with Gasteiger partial charge in [-0.25, -0.2) is 13.1 Å². The highest BCUT2D eigenvalue weighted by Gasteiger charge is 2.23. The lowest BCUT2D eigenvalue weighted by Crippen LogP contribution is -2.34. The summed E-state index contributed by atoms with van der Waals surface area (Å²) in [5, 5.41) is 11.5. The molecule has 1 atom stereocenters. The minimum Gasteiger partial charge on any atom is -0.550 e. The summed E-state index contributed by atoms with van der Waals surface area (Å²) in [6.45, 7) is 3.56. The van der Waals surface area contributed by atoms with Crippen molar-refractivity contribution >= 4 is 27.6 Å². The first-order valence-corrected chi connectivity index (χ1v) is 9.10. The van der Waals surface area contributed by atoms with Gasteiger partial charge in [-0.1, -0.05) is 41.4 Å². The lowest BCUT2D eigenvalue weighted by molar-refractivity contribution is -0.306. The van der Waals surface area contributed by atoms with E-state index in [0.29, 0.717) is 16.1 Å². The first-order chi connectivity index (χ1) is 11.2. The molecule has 24 heavy (non-hydrogen) atoms. The van der Waals surface area contributed by atoms with Crippen LogP contribution in [0.4, 0.5) is 0 Å². The topological polar surface area (TPSA) is 86.3 Å². The van der Waals surface area contributed by atoms with Gasteiger partial charge >= 0.3 is 0 Å². The third kappa shape index (κ3) is 4.56. The van der Waals surface area contributed by atoms with Gasteiger partial charge in [-0.05, 0) is 43.2 Å². The predicted molar refractivity (Wildman–Crippen MR) is 90.1 cm³/mol. The average Bonchev–Trinajstić information content (AvgIpc) is 2.46. The third-order valence-corrected chi connectivity index (χ3v) is 5.44. The Bertz CT molecular complexity index is 847. The minimum absolute atomic E-state index is 0.116. The van der Waals surface area contributed by atoms with Gasteiger partial charge < -0.3 is 9.90 Å². The third-order valence-electron chi connectivity index (χ3n) is 3.56. The first-order valence-electron chi connectivity index (χ1n) is 7.24. The minimum atomic E-state index is -3.88. The van der Waals surface area contributed by atoms with E-state index in [9.17, 15) is 18.3 Å². The quantitative estimate of drug-likeness (QED) is 0.848. The second-order valence-electron chi connectivity index (χ2n) is 5.57. The van der Waals surface area contributed by atoms with Crippen molar-refractivity contribution < 1.29 is 18.3 Å². The normalized spacial score (nSPS) is 12.8. The second-order valence-corrected chi connectivity index (χ2v) is 7.69. The van der Waals surface area contributed by atoms with E-state index in [1.165, 1.54) is 6.07 Å². The summed E-state index contributed by atoms with van der Waals surface area (Å²) in [5.41, 5.74) is 2.03. The molecule has 0 saturated heterocycles. The van der Waals surface area contributed by atoms with Crippen LogP contribution in [0.5, 0.6) is 0 Å². The zero-order valence-electron chi connectivity index (χ0n) is 13.2. The average molecular weight is 367 g/mol. The van der Waals surface area contributed by atoms with Crippen molar-refractivity contribution in [2.24, 2.45) is 0 Å². The largest absolute Gasteiger partial charge is 0.550 e. The Hall–Kier alpha value is -1.89. The van der Waals surface area contributed by atoms with Gasteiger partial charge in [0, 0.05) is 17.4 Å². The van der Waals surface area contributed by atoms with Gasteiger partial charge in [-0.2, -0.15) is 0 Å². The number of carboxylic acid groups (broad SMARTS) is 1. The number of aliphatic carboxylic acids is 1. The van der Waals surface area contributed by atoms with Crippen molar-refractivity contribution in [3.63, 3.8) is 0 Å². The first kappa shape index (κ1) is 18.4. The molecule has 0 radical (unpaired) electrons. The van der Waals surface area contributed by atoms with Crippen molar-refractivity contribution in [1.29, 1.82) is 0 Å². The molecule has 0 bridgehead atoms. The molecule has 7 heteroatoms. The molecule has 0 aliphatic rings. The molecule has 0 spiro atoms. The Kier molecular flexibility index (Phi) is 5.64. The van der Waals surface area contributed by atoms with Gasteiger partial charge in [-0.3, -0.25) is 0 Å². The van der Waals surface area contributed by atoms with Gasteiger partial charge in [0.2, 0.25) is 10.0 Å². The molecule has 2 rings (SSSR count). The van der Waals surface area contributed by atoms with Gasteiger partial charge in [-0.15, -0.1) is 0 Å². The lowest BCUT2D eigenvalue weighted by atomic mass is 10.1. The summed E-state index contributed by atoms with van der Waals surface area (Å²) in [5.74, 6) is -1.35. The highest BCUT2D eigenvalue weighted by Crippen LogP contribution is 2.23. The lowest BCUT2D eigenvalue weighted by Gasteiger charge is -2.20. The molecule has 0 unspecified atom stereocenters. The van der Waals surface area contributed by atoms with E-state index in [1.807, 2.05) is 6.92 Å². The van der Waals surface area contributed by atoms with Crippen molar-refractivity contribution in [3.8, 4) is 0 Å². The molecule has 2 aromatic rings. The van der Waals surface area contributed by atoms with Crippen LogP contribution in [0.3, 0.4) is 0 Å². The number of rotatable bonds is 6. The molecule has 128 valence electrons. The summed E-state index contributed by atoms with van der Waals surface area (Å²) in [6, 6.07) is 10.3. The fraction of sp³-hybridized carbons (Fsp3) is 0.235. The van der Waals surface area contributed by atoms with Crippen LogP contribution >= 0.6 is 11.6 Å². The Morgan fingerprint density at radius 1 is 1.17 bits per heavy atom. The van der Waals surface area contributed by atoms with Crippen LogP contribution in [0.25, 0.3) is 0 Å². The fourth-order valence-electron chi connectivity index (χ4n) is 2.44. The van der Waals surface area contributed by atoms with Crippen LogP contribution in [-0.2, 0) is 14.8 Å².